The summed E-state index contributed by atoms with van der Waals surface area (Å²) in [7, 11) is -4.11. The zero-order valence-corrected chi connectivity index (χ0v) is 8.44. The van der Waals surface area contributed by atoms with Crippen LogP contribution in [0.3, 0.4) is 0 Å². The Balaban J connectivity index is 3.58. The third-order valence-electron chi connectivity index (χ3n) is 1.76. The molecule has 0 saturated heterocycles. The van der Waals surface area contributed by atoms with E-state index in [0.29, 0.717) is 6.07 Å². The van der Waals surface area contributed by atoms with Crippen molar-refractivity contribution in [2.24, 2.45) is 5.14 Å². The zero-order valence-electron chi connectivity index (χ0n) is 7.62. The van der Waals surface area contributed by atoms with Gasteiger partial charge in [-0.15, -0.1) is 0 Å². The van der Waals surface area contributed by atoms with Crippen molar-refractivity contribution in [1.29, 1.82) is 0 Å². The molecule has 0 unspecified atom stereocenters. The van der Waals surface area contributed by atoms with Crippen LogP contribution in [-0.4, -0.2) is 13.4 Å². The van der Waals surface area contributed by atoms with Gasteiger partial charge in [0.2, 0.25) is 10.0 Å². The number of nitrogens with two attached hydrogens (primary N) is 1. The summed E-state index contributed by atoms with van der Waals surface area (Å²) < 4.78 is 46.4. The largest absolute Gasteiger partial charge is 0.325 e. The van der Waals surface area contributed by atoms with E-state index in [0.717, 1.165) is 0 Å². The zero-order chi connectivity index (χ0) is 11.8. The standard InChI is InChI=1S/C7H8F2N2O3S/c1-3-5(15(10,13)14)2-4(6(8)9)7(12)11-3/h2,6H,1H3,(H,11,12)(H2,10,13,14). The average Bonchev–Trinajstić information content (AvgIpc) is 2.00. The second-order valence-corrected chi connectivity index (χ2v) is 4.42. The molecule has 8 heteroatoms. The molecule has 15 heavy (non-hydrogen) atoms. The fourth-order valence-corrected chi connectivity index (χ4v) is 1.85. The van der Waals surface area contributed by atoms with Crippen molar-refractivity contribution in [1.82, 2.24) is 4.98 Å². The molecule has 3 N–H and O–H groups in total. The molecule has 0 aliphatic rings. The SMILES string of the molecule is Cc1[nH]c(=O)c(C(F)F)cc1S(N)(=O)=O. The van der Waals surface area contributed by atoms with Crippen molar-refractivity contribution in [3.8, 4) is 0 Å². The predicted octanol–water partition coefficient (Wildman–Crippen LogP) is 0.268. The lowest BCUT2D eigenvalue weighted by atomic mass is 10.2. The Hall–Kier alpha value is -1.28. The maximum absolute atomic E-state index is 12.3. The highest BCUT2D eigenvalue weighted by Gasteiger charge is 2.19. The Labute approximate surface area is 84.0 Å². The van der Waals surface area contributed by atoms with E-state index in [1.807, 2.05) is 4.98 Å². The first-order valence-electron chi connectivity index (χ1n) is 3.78. The number of pyridine rings is 1. The average molecular weight is 238 g/mol. The number of hydrogen-bond acceptors (Lipinski definition) is 3. The van der Waals surface area contributed by atoms with Gasteiger partial charge >= 0.3 is 0 Å². The van der Waals surface area contributed by atoms with Gasteiger partial charge in [0.1, 0.15) is 4.90 Å². The summed E-state index contributed by atoms with van der Waals surface area (Å²) in [6, 6.07) is 0.591. The Bertz CT molecular complexity index is 536. The van der Waals surface area contributed by atoms with Gasteiger partial charge in [0.25, 0.3) is 12.0 Å². The van der Waals surface area contributed by atoms with E-state index < -0.39 is 32.5 Å². The van der Waals surface area contributed by atoms with Crippen molar-refractivity contribution in [2.45, 2.75) is 18.2 Å². The van der Waals surface area contributed by atoms with E-state index in [1.165, 1.54) is 6.92 Å². The topological polar surface area (TPSA) is 93.0 Å². The monoisotopic (exact) mass is 238 g/mol. The summed E-state index contributed by atoms with van der Waals surface area (Å²) in [6.45, 7) is 1.26. The summed E-state index contributed by atoms with van der Waals surface area (Å²) in [5.74, 6) is 0. The lowest BCUT2D eigenvalue weighted by Crippen LogP contribution is -2.21. The Morgan fingerprint density at radius 3 is 2.40 bits per heavy atom. The van der Waals surface area contributed by atoms with Crippen LogP contribution in [0.4, 0.5) is 8.78 Å². The first-order valence-corrected chi connectivity index (χ1v) is 5.33. The van der Waals surface area contributed by atoms with Gasteiger partial charge in [-0.25, -0.2) is 22.3 Å². The van der Waals surface area contributed by atoms with Gasteiger partial charge in [0.05, 0.1) is 5.56 Å². The summed E-state index contributed by atoms with van der Waals surface area (Å²) in [6.07, 6.45) is -3.05. The molecule has 0 aliphatic carbocycles. The summed E-state index contributed by atoms with van der Waals surface area (Å²) in [4.78, 5) is 12.5. The Morgan fingerprint density at radius 1 is 1.47 bits per heavy atom. The first kappa shape index (κ1) is 11.8. The molecule has 0 aromatic carbocycles. The van der Waals surface area contributed by atoms with Gasteiger partial charge in [-0.3, -0.25) is 4.79 Å². The molecular weight excluding hydrogens is 230 g/mol. The maximum Gasteiger partial charge on any atom is 0.269 e. The van der Waals surface area contributed by atoms with Crippen LogP contribution in [0.5, 0.6) is 0 Å². The number of aromatic amines is 1. The Kier molecular flexibility index (Phi) is 2.91. The van der Waals surface area contributed by atoms with Gasteiger partial charge in [0.15, 0.2) is 0 Å². The first-order chi connectivity index (χ1) is 6.73. The minimum Gasteiger partial charge on any atom is -0.325 e. The lowest BCUT2D eigenvalue weighted by molar-refractivity contribution is 0.149. The van der Waals surface area contributed by atoms with E-state index in [1.54, 1.807) is 0 Å². The molecule has 0 aliphatic heterocycles. The van der Waals surface area contributed by atoms with Crippen molar-refractivity contribution >= 4 is 10.0 Å². The number of hydrogen-bond donors (Lipinski definition) is 2. The van der Waals surface area contributed by atoms with Crippen LogP contribution >= 0.6 is 0 Å². The van der Waals surface area contributed by atoms with Crippen molar-refractivity contribution in [3.63, 3.8) is 0 Å². The normalized spacial score (nSPS) is 12.1. The number of aromatic nitrogens is 1. The van der Waals surface area contributed by atoms with E-state index in [2.05, 4.69) is 0 Å². The molecule has 0 amide bonds. The van der Waals surface area contributed by atoms with Gasteiger partial charge in [-0.1, -0.05) is 0 Å². The van der Waals surface area contributed by atoms with Crippen LogP contribution < -0.4 is 10.7 Å². The third kappa shape index (κ3) is 2.39. The maximum atomic E-state index is 12.3. The molecule has 0 saturated carbocycles. The summed E-state index contributed by atoms with van der Waals surface area (Å²) >= 11 is 0. The fourth-order valence-electron chi connectivity index (χ4n) is 1.08. The molecule has 1 heterocycles. The van der Waals surface area contributed by atoms with Crippen LogP contribution in [0, 0.1) is 6.92 Å². The number of nitrogens with one attached hydrogen (secondary N) is 1. The van der Waals surface area contributed by atoms with E-state index >= 15 is 0 Å². The highest BCUT2D eigenvalue weighted by molar-refractivity contribution is 7.89. The number of rotatable bonds is 2. The molecule has 0 bridgehead atoms. The highest BCUT2D eigenvalue weighted by atomic mass is 32.2. The van der Waals surface area contributed by atoms with Gasteiger partial charge in [-0.2, -0.15) is 0 Å². The molecule has 0 fully saturated rings. The molecular formula is C7H8F2N2O3S. The van der Waals surface area contributed by atoms with Crippen LogP contribution in [0.2, 0.25) is 0 Å². The van der Waals surface area contributed by atoms with Gasteiger partial charge < -0.3 is 4.98 Å². The van der Waals surface area contributed by atoms with E-state index in [-0.39, 0.29) is 5.69 Å². The molecule has 0 radical (unpaired) electrons. The summed E-state index contributed by atoms with van der Waals surface area (Å²) in [5, 5.41) is 4.78. The molecule has 1 aromatic heterocycles. The van der Waals surface area contributed by atoms with E-state index in [4.69, 9.17) is 5.14 Å². The minimum absolute atomic E-state index is 0.0631. The predicted molar refractivity (Wildman–Crippen MR) is 48.1 cm³/mol. The Morgan fingerprint density at radius 2 is 2.00 bits per heavy atom. The van der Waals surface area contributed by atoms with Crippen LogP contribution in [0.15, 0.2) is 15.8 Å². The number of H-pyrrole nitrogens is 1. The summed E-state index contributed by atoms with van der Waals surface area (Å²) in [5.41, 5.74) is -1.99. The van der Waals surface area contributed by atoms with Crippen molar-refractivity contribution < 1.29 is 17.2 Å². The quantitative estimate of drug-likeness (QED) is 0.774. The molecule has 1 rings (SSSR count). The number of alkyl halides is 2. The molecule has 84 valence electrons. The minimum atomic E-state index is -4.11. The van der Waals surface area contributed by atoms with Gasteiger partial charge in [-0.05, 0) is 13.0 Å². The number of halogens is 2. The smallest absolute Gasteiger partial charge is 0.269 e. The molecule has 5 nitrogen and oxygen atoms in total. The number of primary sulfonamides is 1. The third-order valence-corrected chi connectivity index (χ3v) is 2.80. The molecule has 1 aromatic rings. The van der Waals surface area contributed by atoms with Crippen LogP contribution in [-0.2, 0) is 10.0 Å². The van der Waals surface area contributed by atoms with Gasteiger partial charge in [0, 0.05) is 5.69 Å². The number of sulfonamides is 1. The second-order valence-electron chi connectivity index (χ2n) is 2.89. The number of aryl methyl sites for hydroxylation is 1. The molecule has 0 spiro atoms. The van der Waals surface area contributed by atoms with Crippen molar-refractivity contribution in [2.75, 3.05) is 0 Å². The van der Waals surface area contributed by atoms with Crippen LogP contribution in [0.25, 0.3) is 0 Å². The van der Waals surface area contributed by atoms with E-state index in [9.17, 15) is 22.0 Å². The lowest BCUT2D eigenvalue weighted by Gasteiger charge is -2.05. The van der Waals surface area contributed by atoms with Crippen molar-refractivity contribution in [3.05, 3.63) is 27.7 Å². The van der Waals surface area contributed by atoms with Crippen LogP contribution in [0.1, 0.15) is 17.7 Å². The highest BCUT2D eigenvalue weighted by Crippen LogP contribution is 2.18. The second kappa shape index (κ2) is 3.70. The fraction of sp³-hybridized carbons (Fsp3) is 0.286. The molecule has 0 atom stereocenters.